The molecule has 0 N–H and O–H groups in total. The zero-order chi connectivity index (χ0) is 12.5. The van der Waals surface area contributed by atoms with Gasteiger partial charge in [-0.25, -0.2) is 0 Å². The Morgan fingerprint density at radius 1 is 1.24 bits per heavy atom. The van der Waals surface area contributed by atoms with Gasteiger partial charge in [0.1, 0.15) is 0 Å². The molecule has 88 valence electrons. The maximum absolute atomic E-state index is 12.6. The van der Waals surface area contributed by atoms with Gasteiger partial charge < -0.3 is 0 Å². The molecule has 1 nitrogen and oxygen atoms in total. The maximum atomic E-state index is 12.6. The summed E-state index contributed by atoms with van der Waals surface area (Å²) in [6.07, 6.45) is 6.25. The van der Waals surface area contributed by atoms with Crippen molar-refractivity contribution in [3.8, 4) is 0 Å². The highest BCUT2D eigenvalue weighted by Gasteiger charge is 2.37. The molecule has 17 heavy (non-hydrogen) atoms. The third kappa shape index (κ3) is 2.10. The Labute approximate surface area is 103 Å². The van der Waals surface area contributed by atoms with Crippen LogP contribution in [0.25, 0.3) is 0 Å². The van der Waals surface area contributed by atoms with Crippen molar-refractivity contribution in [2.75, 3.05) is 0 Å². The summed E-state index contributed by atoms with van der Waals surface area (Å²) in [5.74, 6) is 0.436. The van der Waals surface area contributed by atoms with Gasteiger partial charge in [-0.15, -0.1) is 0 Å². The first kappa shape index (κ1) is 11.8. The molecule has 2 rings (SSSR count). The second kappa shape index (κ2) is 4.33. The van der Waals surface area contributed by atoms with E-state index in [-0.39, 0.29) is 11.7 Å². The first-order valence-corrected chi connectivity index (χ1v) is 6.01. The minimum Gasteiger partial charge on any atom is -0.293 e. The molecule has 0 amide bonds. The Morgan fingerprint density at radius 2 is 1.88 bits per heavy atom. The Bertz CT molecular complexity index is 482. The molecule has 0 fully saturated rings. The van der Waals surface area contributed by atoms with Crippen LogP contribution in [-0.2, 0) is 0 Å². The van der Waals surface area contributed by atoms with Crippen LogP contribution in [0.3, 0.4) is 0 Å². The van der Waals surface area contributed by atoms with E-state index in [0.717, 1.165) is 5.56 Å². The highest BCUT2D eigenvalue weighted by Crippen LogP contribution is 2.37. The molecule has 0 aliphatic heterocycles. The van der Waals surface area contributed by atoms with E-state index in [1.807, 2.05) is 49.4 Å². The lowest BCUT2D eigenvalue weighted by atomic mass is 9.69. The zero-order valence-corrected chi connectivity index (χ0v) is 10.6. The molecule has 0 bridgehead atoms. The fourth-order valence-corrected chi connectivity index (χ4v) is 2.26. The van der Waals surface area contributed by atoms with Crippen LogP contribution in [-0.4, -0.2) is 5.78 Å². The summed E-state index contributed by atoms with van der Waals surface area (Å²) in [5.41, 5.74) is 1.61. The van der Waals surface area contributed by atoms with Gasteiger partial charge in [0, 0.05) is 5.56 Å². The predicted octanol–water partition coefficient (Wildman–Crippen LogP) is 4.03. The van der Waals surface area contributed by atoms with Crippen molar-refractivity contribution < 1.29 is 4.79 Å². The normalized spacial score (nSPS) is 27.7. The van der Waals surface area contributed by atoms with Crippen LogP contribution in [0.5, 0.6) is 0 Å². The van der Waals surface area contributed by atoms with Crippen LogP contribution in [0.15, 0.2) is 54.1 Å². The molecule has 0 saturated carbocycles. The van der Waals surface area contributed by atoms with Crippen molar-refractivity contribution >= 4 is 5.78 Å². The van der Waals surface area contributed by atoms with E-state index in [1.165, 1.54) is 5.57 Å². The van der Waals surface area contributed by atoms with E-state index in [9.17, 15) is 4.79 Å². The number of Topliss-reactive ketones (excluding diaryl/α,β-unsaturated/α-hetero) is 1. The summed E-state index contributed by atoms with van der Waals surface area (Å²) >= 11 is 0. The molecule has 1 aliphatic carbocycles. The zero-order valence-electron chi connectivity index (χ0n) is 10.6. The number of rotatable bonds is 2. The van der Waals surface area contributed by atoms with Crippen molar-refractivity contribution in [1.29, 1.82) is 0 Å². The second-order valence-electron chi connectivity index (χ2n) is 5.01. The number of allylic oxidation sites excluding steroid dienone is 4. The Morgan fingerprint density at radius 3 is 2.47 bits per heavy atom. The quantitative estimate of drug-likeness (QED) is 0.696. The average molecular weight is 226 g/mol. The highest BCUT2D eigenvalue weighted by atomic mass is 16.1. The van der Waals surface area contributed by atoms with Crippen LogP contribution in [0.1, 0.15) is 31.1 Å². The van der Waals surface area contributed by atoms with Crippen LogP contribution in [0, 0.1) is 11.3 Å². The summed E-state index contributed by atoms with van der Waals surface area (Å²) < 4.78 is 0. The highest BCUT2D eigenvalue weighted by molar-refractivity contribution is 6.02. The number of hydrogen-bond donors (Lipinski definition) is 0. The molecule has 2 atom stereocenters. The summed E-state index contributed by atoms with van der Waals surface area (Å²) in [6, 6.07) is 9.53. The summed E-state index contributed by atoms with van der Waals surface area (Å²) in [6.45, 7) is 6.19. The van der Waals surface area contributed by atoms with Crippen molar-refractivity contribution in [2.24, 2.45) is 11.3 Å². The first-order valence-electron chi connectivity index (χ1n) is 6.01. The Kier molecular flexibility index (Phi) is 3.01. The van der Waals surface area contributed by atoms with E-state index < -0.39 is 5.41 Å². The molecule has 1 aromatic rings. The fraction of sp³-hybridized carbons (Fsp3) is 0.312. The number of ketones is 1. The predicted molar refractivity (Wildman–Crippen MR) is 70.9 cm³/mol. The average Bonchev–Trinajstić information content (AvgIpc) is 2.34. The molecule has 1 heteroatoms. The molecule has 2 unspecified atom stereocenters. The van der Waals surface area contributed by atoms with E-state index in [0.29, 0.717) is 0 Å². The van der Waals surface area contributed by atoms with Gasteiger partial charge in [0.2, 0.25) is 0 Å². The SMILES string of the molecule is CC1=CC(C)C(C)(C(=O)c2ccccc2)C=C1. The minimum absolute atomic E-state index is 0.200. The third-order valence-corrected chi connectivity index (χ3v) is 3.68. The molecule has 0 radical (unpaired) electrons. The maximum Gasteiger partial charge on any atom is 0.173 e. The lowest BCUT2D eigenvalue weighted by Crippen LogP contribution is -2.33. The van der Waals surface area contributed by atoms with E-state index >= 15 is 0 Å². The van der Waals surface area contributed by atoms with Gasteiger partial charge in [-0.05, 0) is 19.8 Å². The number of carbonyl (C=O) groups is 1. The number of benzene rings is 1. The minimum atomic E-state index is -0.416. The van der Waals surface area contributed by atoms with Gasteiger partial charge in [0.15, 0.2) is 5.78 Å². The van der Waals surface area contributed by atoms with Gasteiger partial charge in [0.25, 0.3) is 0 Å². The molecular formula is C16H18O. The van der Waals surface area contributed by atoms with Crippen molar-refractivity contribution in [3.05, 3.63) is 59.7 Å². The smallest absolute Gasteiger partial charge is 0.173 e. The van der Waals surface area contributed by atoms with Gasteiger partial charge in [-0.2, -0.15) is 0 Å². The van der Waals surface area contributed by atoms with Gasteiger partial charge in [-0.1, -0.05) is 61.1 Å². The Hall–Kier alpha value is -1.63. The molecule has 0 heterocycles. The lowest BCUT2D eigenvalue weighted by molar-refractivity contribution is 0.0829. The molecule has 1 aromatic carbocycles. The number of hydrogen-bond acceptors (Lipinski definition) is 1. The summed E-state index contributed by atoms with van der Waals surface area (Å²) in [4.78, 5) is 12.6. The van der Waals surface area contributed by atoms with E-state index in [1.54, 1.807) is 0 Å². The number of carbonyl (C=O) groups excluding carboxylic acids is 1. The molecule has 0 aromatic heterocycles. The van der Waals surface area contributed by atoms with Crippen molar-refractivity contribution in [3.63, 3.8) is 0 Å². The fourth-order valence-electron chi connectivity index (χ4n) is 2.26. The monoisotopic (exact) mass is 226 g/mol. The van der Waals surface area contributed by atoms with Gasteiger partial charge in [0.05, 0.1) is 5.41 Å². The molecule has 0 spiro atoms. The van der Waals surface area contributed by atoms with Gasteiger partial charge in [-0.3, -0.25) is 4.79 Å². The largest absolute Gasteiger partial charge is 0.293 e. The topological polar surface area (TPSA) is 17.1 Å². The van der Waals surface area contributed by atoms with E-state index in [4.69, 9.17) is 0 Å². The summed E-state index contributed by atoms with van der Waals surface area (Å²) in [5, 5.41) is 0. The second-order valence-corrected chi connectivity index (χ2v) is 5.01. The van der Waals surface area contributed by atoms with Crippen LogP contribution in [0.4, 0.5) is 0 Å². The molecule has 0 saturated heterocycles. The molecule has 1 aliphatic rings. The van der Waals surface area contributed by atoms with E-state index in [2.05, 4.69) is 19.9 Å². The van der Waals surface area contributed by atoms with Crippen molar-refractivity contribution in [1.82, 2.24) is 0 Å². The molecular weight excluding hydrogens is 208 g/mol. The standard InChI is InChI=1S/C16H18O/c1-12-9-10-16(3,13(2)11-12)15(17)14-7-5-4-6-8-14/h4-11,13H,1-3H3. The van der Waals surface area contributed by atoms with Crippen molar-refractivity contribution in [2.45, 2.75) is 20.8 Å². The summed E-state index contributed by atoms with van der Waals surface area (Å²) in [7, 11) is 0. The van der Waals surface area contributed by atoms with Crippen LogP contribution in [0.2, 0.25) is 0 Å². The van der Waals surface area contributed by atoms with Crippen LogP contribution >= 0.6 is 0 Å². The Balaban J connectivity index is 2.35. The lowest BCUT2D eigenvalue weighted by Gasteiger charge is -2.32. The third-order valence-electron chi connectivity index (χ3n) is 3.68. The first-order chi connectivity index (χ1) is 8.04. The van der Waals surface area contributed by atoms with Gasteiger partial charge >= 0.3 is 0 Å². The van der Waals surface area contributed by atoms with Crippen LogP contribution < -0.4 is 0 Å².